The number of aliphatic hydroxyl groups excluding tert-OH is 3. The van der Waals surface area contributed by atoms with Crippen LogP contribution >= 0.6 is 0 Å². The Morgan fingerprint density at radius 3 is 2.53 bits per heavy atom. The fourth-order valence-corrected chi connectivity index (χ4v) is 1.75. The molecule has 0 aromatic carbocycles. The smallest absolute Gasteiger partial charge is 0.280 e. The lowest BCUT2D eigenvalue weighted by atomic mass is 9.91. The van der Waals surface area contributed by atoms with E-state index in [0.29, 0.717) is 0 Å². The summed E-state index contributed by atoms with van der Waals surface area (Å²) in [7, 11) is 0. The van der Waals surface area contributed by atoms with Crippen LogP contribution in [0.3, 0.4) is 0 Å². The first-order valence-corrected chi connectivity index (χ1v) is 5.58. The number of imidazole rings is 1. The fourth-order valence-electron chi connectivity index (χ4n) is 1.75. The Bertz CT molecular complexity index is 622. The molecule has 0 spiro atoms. The maximum Gasteiger partial charge on any atom is 0.280 e. The molecular formula is C10H15N5O4. The monoisotopic (exact) mass is 269 g/mol. The van der Waals surface area contributed by atoms with Crippen LogP contribution in [0.15, 0.2) is 11.1 Å². The summed E-state index contributed by atoms with van der Waals surface area (Å²) in [5, 5.41) is 27.9. The number of nitrogen functional groups attached to an aromatic ring is 1. The first-order chi connectivity index (χ1) is 9.05. The van der Waals surface area contributed by atoms with Gasteiger partial charge in [-0.15, -0.1) is 0 Å². The number of nitrogens with two attached hydrogens (primary N) is 1. The van der Waals surface area contributed by atoms with Crippen molar-refractivity contribution in [3.05, 3.63) is 16.7 Å². The fraction of sp³-hybridized carbons (Fsp3) is 0.500. The lowest BCUT2D eigenvalue weighted by Gasteiger charge is -2.27. The summed E-state index contributed by atoms with van der Waals surface area (Å²) < 4.78 is 1.46. The van der Waals surface area contributed by atoms with Gasteiger partial charge in [-0.1, -0.05) is 0 Å². The van der Waals surface area contributed by atoms with Gasteiger partial charge in [-0.3, -0.25) is 9.78 Å². The second kappa shape index (κ2) is 4.96. The molecule has 0 radical (unpaired) electrons. The van der Waals surface area contributed by atoms with Gasteiger partial charge in [-0.05, 0) is 0 Å². The molecular weight excluding hydrogens is 254 g/mol. The molecule has 0 fully saturated rings. The van der Waals surface area contributed by atoms with Gasteiger partial charge < -0.3 is 25.6 Å². The summed E-state index contributed by atoms with van der Waals surface area (Å²) in [6, 6.07) is 0. The molecule has 0 amide bonds. The summed E-state index contributed by atoms with van der Waals surface area (Å²) in [5.74, 6) is -0.0538. The molecule has 0 saturated heterocycles. The van der Waals surface area contributed by atoms with Crippen molar-refractivity contribution in [1.82, 2.24) is 19.5 Å². The number of rotatable bonds is 5. The molecule has 104 valence electrons. The van der Waals surface area contributed by atoms with Crippen LogP contribution in [-0.4, -0.2) is 54.7 Å². The molecule has 0 unspecified atom stereocenters. The van der Waals surface area contributed by atoms with Gasteiger partial charge in [-0.25, -0.2) is 4.98 Å². The van der Waals surface area contributed by atoms with Gasteiger partial charge >= 0.3 is 0 Å². The number of aromatic nitrogens is 4. The summed E-state index contributed by atoms with van der Waals surface area (Å²) in [6.07, 6.45) is 1.35. The van der Waals surface area contributed by atoms with E-state index >= 15 is 0 Å². The number of aromatic amines is 1. The molecule has 9 nitrogen and oxygen atoms in total. The number of hydrogen-bond donors (Lipinski definition) is 5. The van der Waals surface area contributed by atoms with Crippen LogP contribution in [0.25, 0.3) is 11.2 Å². The summed E-state index contributed by atoms with van der Waals surface area (Å²) in [4.78, 5) is 21.8. The van der Waals surface area contributed by atoms with E-state index in [-0.39, 0.29) is 23.7 Å². The maximum atomic E-state index is 11.6. The predicted molar refractivity (Wildman–Crippen MR) is 66.3 cm³/mol. The zero-order valence-electron chi connectivity index (χ0n) is 10.1. The van der Waals surface area contributed by atoms with E-state index in [1.807, 2.05) is 0 Å². The average Bonchev–Trinajstić information content (AvgIpc) is 2.79. The van der Waals surface area contributed by atoms with E-state index in [2.05, 4.69) is 15.0 Å². The number of aliphatic hydroxyl groups is 3. The third kappa shape index (κ3) is 2.30. The molecule has 2 rings (SSSR count). The number of nitrogens with one attached hydrogen (secondary N) is 1. The molecule has 9 heteroatoms. The molecule has 2 aromatic rings. The molecule has 2 aromatic heterocycles. The van der Waals surface area contributed by atoms with Crippen LogP contribution in [0, 0.1) is 5.41 Å². The Labute approximate surface area is 107 Å². The highest BCUT2D eigenvalue weighted by atomic mass is 16.3. The maximum absolute atomic E-state index is 11.6. The SMILES string of the molecule is Nc1nc2c(ncn2CC(CO)(CO)CO)c(=O)[nH]1. The zero-order chi connectivity index (χ0) is 14.0. The number of H-pyrrole nitrogens is 1. The van der Waals surface area contributed by atoms with Crippen LogP contribution in [0.5, 0.6) is 0 Å². The number of fused-ring (bicyclic) bond motifs is 1. The second-order valence-electron chi connectivity index (χ2n) is 4.47. The second-order valence-corrected chi connectivity index (χ2v) is 4.47. The lowest BCUT2D eigenvalue weighted by Crippen LogP contribution is -2.38. The Morgan fingerprint density at radius 2 is 1.95 bits per heavy atom. The average molecular weight is 269 g/mol. The van der Waals surface area contributed by atoms with Crippen LogP contribution < -0.4 is 11.3 Å². The molecule has 6 N–H and O–H groups in total. The van der Waals surface area contributed by atoms with Gasteiger partial charge in [0.05, 0.1) is 31.6 Å². The van der Waals surface area contributed by atoms with Crippen molar-refractivity contribution in [1.29, 1.82) is 0 Å². The number of anilines is 1. The van der Waals surface area contributed by atoms with Crippen molar-refractivity contribution in [2.45, 2.75) is 6.54 Å². The van der Waals surface area contributed by atoms with Crippen LogP contribution in [0.1, 0.15) is 0 Å². The van der Waals surface area contributed by atoms with E-state index in [0.717, 1.165) is 0 Å². The highest BCUT2D eigenvalue weighted by Gasteiger charge is 2.29. The summed E-state index contributed by atoms with van der Waals surface area (Å²) in [5.41, 5.74) is 4.22. The van der Waals surface area contributed by atoms with Crippen LogP contribution in [-0.2, 0) is 6.54 Å². The Kier molecular flexibility index (Phi) is 3.51. The minimum atomic E-state index is -1.12. The minimum Gasteiger partial charge on any atom is -0.396 e. The third-order valence-electron chi connectivity index (χ3n) is 3.01. The van der Waals surface area contributed by atoms with E-state index in [4.69, 9.17) is 5.73 Å². The van der Waals surface area contributed by atoms with Gasteiger partial charge in [0.15, 0.2) is 11.2 Å². The van der Waals surface area contributed by atoms with Gasteiger partial charge in [0.25, 0.3) is 5.56 Å². The van der Waals surface area contributed by atoms with Gasteiger partial charge in [0, 0.05) is 6.54 Å². The van der Waals surface area contributed by atoms with E-state index < -0.39 is 30.8 Å². The highest BCUT2D eigenvalue weighted by molar-refractivity contribution is 5.70. The molecule has 0 aliphatic carbocycles. The summed E-state index contributed by atoms with van der Waals surface area (Å²) in [6.45, 7) is -1.20. The van der Waals surface area contributed by atoms with Crippen molar-refractivity contribution < 1.29 is 15.3 Å². The largest absolute Gasteiger partial charge is 0.396 e. The standard InChI is InChI=1S/C10H15N5O4/c11-9-13-7-6(8(19)14-9)12-5-15(7)1-10(2-16,3-17)4-18/h5,16-18H,1-4H2,(H3,11,13,14,19). The quantitative estimate of drug-likeness (QED) is 0.408. The molecule has 0 saturated carbocycles. The van der Waals surface area contributed by atoms with E-state index in [9.17, 15) is 20.1 Å². The van der Waals surface area contributed by atoms with Crippen molar-refractivity contribution in [3.8, 4) is 0 Å². The van der Waals surface area contributed by atoms with E-state index in [1.165, 1.54) is 10.9 Å². The zero-order valence-corrected chi connectivity index (χ0v) is 10.1. The van der Waals surface area contributed by atoms with Gasteiger partial charge in [0.2, 0.25) is 5.95 Å². The molecule has 19 heavy (non-hydrogen) atoms. The van der Waals surface area contributed by atoms with Crippen molar-refractivity contribution in [2.75, 3.05) is 25.6 Å². The molecule has 2 heterocycles. The van der Waals surface area contributed by atoms with Gasteiger partial charge in [0.1, 0.15) is 0 Å². The van der Waals surface area contributed by atoms with Crippen molar-refractivity contribution in [3.63, 3.8) is 0 Å². The van der Waals surface area contributed by atoms with Crippen molar-refractivity contribution in [2.24, 2.45) is 5.41 Å². The van der Waals surface area contributed by atoms with Crippen LogP contribution in [0.2, 0.25) is 0 Å². The summed E-state index contributed by atoms with van der Waals surface area (Å²) >= 11 is 0. The van der Waals surface area contributed by atoms with Crippen LogP contribution in [0.4, 0.5) is 5.95 Å². The lowest BCUT2D eigenvalue weighted by molar-refractivity contribution is -0.00617. The Hall–Kier alpha value is -1.97. The molecule has 0 bridgehead atoms. The normalized spacial score (nSPS) is 12.2. The molecule has 0 aliphatic rings. The molecule has 0 aliphatic heterocycles. The topological polar surface area (TPSA) is 150 Å². The Balaban J connectivity index is 2.49. The number of hydrogen-bond acceptors (Lipinski definition) is 7. The first kappa shape index (κ1) is 13.5. The minimum absolute atomic E-state index is 0.0538. The third-order valence-corrected chi connectivity index (χ3v) is 3.01. The molecule has 0 atom stereocenters. The Morgan fingerprint density at radius 1 is 1.32 bits per heavy atom. The predicted octanol–water partition coefficient (Wildman–Crippen LogP) is -2.33. The number of nitrogens with zero attached hydrogens (tertiary/aromatic N) is 3. The first-order valence-electron chi connectivity index (χ1n) is 5.58. The van der Waals surface area contributed by atoms with Crippen molar-refractivity contribution >= 4 is 17.1 Å². The highest BCUT2D eigenvalue weighted by Crippen LogP contribution is 2.20. The van der Waals surface area contributed by atoms with Gasteiger partial charge in [-0.2, -0.15) is 4.98 Å². The van der Waals surface area contributed by atoms with E-state index in [1.54, 1.807) is 0 Å².